The van der Waals surface area contributed by atoms with E-state index in [1.165, 1.54) is 5.69 Å². The molecule has 1 saturated heterocycles. The van der Waals surface area contributed by atoms with Crippen molar-refractivity contribution in [3.05, 3.63) is 28.7 Å². The number of benzene rings is 1. The Bertz CT molecular complexity index is 605. The summed E-state index contributed by atoms with van der Waals surface area (Å²) in [4.78, 5) is 4.74. The molecule has 0 bridgehead atoms. The van der Waals surface area contributed by atoms with Gasteiger partial charge < -0.3 is 20.1 Å². The van der Waals surface area contributed by atoms with Crippen LogP contribution >= 0.6 is 15.9 Å². The fraction of sp³-hybridized carbons (Fsp3) is 0.357. The number of likely N-dealkylation sites (N-methyl/N-ethyl adjacent to an activating group) is 1. The Kier molecular flexibility index (Phi) is 3.67. The molecule has 3 rings (SSSR count). The molecule has 1 aromatic heterocycles. The van der Waals surface area contributed by atoms with Crippen molar-refractivity contribution in [3.63, 3.8) is 0 Å². The summed E-state index contributed by atoms with van der Waals surface area (Å²) in [6, 6.07) is 7.97. The molecule has 0 atom stereocenters. The first kappa shape index (κ1) is 13.5. The van der Waals surface area contributed by atoms with Gasteiger partial charge in [-0.05, 0) is 35.1 Å². The van der Waals surface area contributed by atoms with E-state index < -0.39 is 0 Å². The molecule has 0 unspecified atom stereocenters. The number of halogens is 1. The molecule has 2 aromatic rings. The smallest absolute Gasteiger partial charge is 0.222 e. The predicted octanol–water partition coefficient (Wildman–Crippen LogP) is 2.44. The van der Waals surface area contributed by atoms with Crippen molar-refractivity contribution >= 4 is 27.5 Å². The minimum absolute atomic E-state index is 0.333. The summed E-state index contributed by atoms with van der Waals surface area (Å²) in [5, 5.41) is 3.94. The van der Waals surface area contributed by atoms with Gasteiger partial charge in [-0.15, -0.1) is 0 Å². The Balaban J connectivity index is 1.84. The molecule has 20 heavy (non-hydrogen) atoms. The molecule has 5 nitrogen and oxygen atoms in total. The van der Waals surface area contributed by atoms with Crippen LogP contribution in [0.5, 0.6) is 0 Å². The molecule has 2 heterocycles. The van der Waals surface area contributed by atoms with Crippen molar-refractivity contribution in [3.8, 4) is 11.3 Å². The van der Waals surface area contributed by atoms with Gasteiger partial charge in [0, 0.05) is 42.3 Å². The van der Waals surface area contributed by atoms with Crippen molar-refractivity contribution in [1.82, 2.24) is 10.1 Å². The van der Waals surface area contributed by atoms with Gasteiger partial charge in [0.05, 0.1) is 5.69 Å². The third-order valence-electron chi connectivity index (χ3n) is 3.62. The molecule has 1 fully saturated rings. The Labute approximate surface area is 126 Å². The molecule has 0 saturated carbocycles. The van der Waals surface area contributed by atoms with Crippen LogP contribution in [0.1, 0.15) is 0 Å². The molecule has 0 aliphatic carbocycles. The normalized spacial score (nSPS) is 16.6. The van der Waals surface area contributed by atoms with E-state index in [0.717, 1.165) is 41.9 Å². The molecule has 0 radical (unpaired) electrons. The second-order valence-corrected chi connectivity index (χ2v) is 5.93. The minimum Gasteiger partial charge on any atom is -0.368 e. The Hall–Kier alpha value is -1.53. The zero-order valence-corrected chi connectivity index (χ0v) is 12.9. The maximum Gasteiger partial charge on any atom is 0.222 e. The lowest BCUT2D eigenvalue weighted by atomic mass is 10.1. The van der Waals surface area contributed by atoms with Gasteiger partial charge in [-0.3, -0.25) is 0 Å². The zero-order valence-electron chi connectivity index (χ0n) is 11.3. The van der Waals surface area contributed by atoms with Crippen LogP contribution in [0.4, 0.5) is 11.6 Å². The van der Waals surface area contributed by atoms with Crippen LogP contribution in [0.2, 0.25) is 0 Å². The molecular formula is C14H17BrN4O. The Morgan fingerprint density at radius 1 is 1.20 bits per heavy atom. The summed E-state index contributed by atoms with van der Waals surface area (Å²) in [7, 11) is 2.16. The van der Waals surface area contributed by atoms with Crippen LogP contribution in [0, 0.1) is 0 Å². The summed E-state index contributed by atoms with van der Waals surface area (Å²) >= 11 is 3.66. The van der Waals surface area contributed by atoms with Crippen molar-refractivity contribution in [2.45, 2.75) is 0 Å². The van der Waals surface area contributed by atoms with Gasteiger partial charge >= 0.3 is 0 Å². The first-order valence-electron chi connectivity index (χ1n) is 6.59. The first-order chi connectivity index (χ1) is 9.63. The van der Waals surface area contributed by atoms with Gasteiger partial charge in [-0.2, -0.15) is 0 Å². The SMILES string of the molecule is CN1CCN(c2ccc(-c3cc(N)on3)cc2Br)CC1. The third-order valence-corrected chi connectivity index (χ3v) is 4.25. The summed E-state index contributed by atoms with van der Waals surface area (Å²) < 4.78 is 5.98. The molecule has 106 valence electrons. The second-order valence-electron chi connectivity index (χ2n) is 5.07. The van der Waals surface area contributed by atoms with Gasteiger partial charge in [0.15, 0.2) is 0 Å². The van der Waals surface area contributed by atoms with Crippen molar-refractivity contribution < 1.29 is 4.52 Å². The summed E-state index contributed by atoms with van der Waals surface area (Å²) in [5.41, 5.74) is 8.53. The van der Waals surface area contributed by atoms with Gasteiger partial charge in [0.25, 0.3) is 0 Å². The fourth-order valence-electron chi connectivity index (χ4n) is 2.40. The van der Waals surface area contributed by atoms with E-state index in [1.807, 2.05) is 0 Å². The molecule has 2 N–H and O–H groups in total. The topological polar surface area (TPSA) is 58.5 Å². The monoisotopic (exact) mass is 336 g/mol. The number of anilines is 2. The van der Waals surface area contributed by atoms with E-state index in [-0.39, 0.29) is 0 Å². The average Bonchev–Trinajstić information content (AvgIpc) is 2.87. The third kappa shape index (κ3) is 2.66. The lowest BCUT2D eigenvalue weighted by Crippen LogP contribution is -2.44. The maximum atomic E-state index is 5.56. The molecule has 1 aromatic carbocycles. The molecule has 1 aliphatic heterocycles. The van der Waals surface area contributed by atoms with Crippen LogP contribution in [-0.2, 0) is 0 Å². The number of nitrogens with two attached hydrogens (primary N) is 1. The van der Waals surface area contributed by atoms with Gasteiger partial charge in [-0.25, -0.2) is 0 Å². The quantitative estimate of drug-likeness (QED) is 0.912. The molecule has 1 aliphatic rings. The van der Waals surface area contributed by atoms with E-state index in [9.17, 15) is 0 Å². The van der Waals surface area contributed by atoms with E-state index in [4.69, 9.17) is 10.3 Å². The number of nitrogen functional groups attached to an aromatic ring is 1. The number of rotatable bonds is 2. The predicted molar refractivity (Wildman–Crippen MR) is 83.8 cm³/mol. The lowest BCUT2D eigenvalue weighted by Gasteiger charge is -2.34. The van der Waals surface area contributed by atoms with Crippen LogP contribution in [0.25, 0.3) is 11.3 Å². The largest absolute Gasteiger partial charge is 0.368 e. The Morgan fingerprint density at radius 2 is 1.95 bits per heavy atom. The highest BCUT2D eigenvalue weighted by molar-refractivity contribution is 9.10. The number of aromatic nitrogens is 1. The number of piperazine rings is 1. The molecular weight excluding hydrogens is 320 g/mol. The summed E-state index contributed by atoms with van der Waals surface area (Å²) in [6.45, 7) is 4.28. The average molecular weight is 337 g/mol. The highest BCUT2D eigenvalue weighted by Crippen LogP contribution is 2.32. The molecule has 6 heteroatoms. The second kappa shape index (κ2) is 5.46. The van der Waals surface area contributed by atoms with Gasteiger partial charge in [0.1, 0.15) is 5.69 Å². The van der Waals surface area contributed by atoms with Gasteiger partial charge in [-0.1, -0.05) is 11.2 Å². The standard InChI is InChI=1S/C14H17BrN4O/c1-18-4-6-19(7-5-18)13-3-2-10(8-11(13)15)12-9-14(16)20-17-12/h2-3,8-9H,4-7,16H2,1H3. The van der Waals surface area contributed by atoms with E-state index in [0.29, 0.717) is 5.88 Å². The summed E-state index contributed by atoms with van der Waals surface area (Å²) in [5.74, 6) is 0.333. The maximum absolute atomic E-state index is 5.56. The number of nitrogens with zero attached hydrogens (tertiary/aromatic N) is 3. The highest BCUT2D eigenvalue weighted by atomic mass is 79.9. The van der Waals surface area contributed by atoms with Crippen molar-refractivity contribution in [1.29, 1.82) is 0 Å². The van der Waals surface area contributed by atoms with E-state index >= 15 is 0 Å². The molecule has 0 amide bonds. The lowest BCUT2D eigenvalue weighted by molar-refractivity contribution is 0.312. The minimum atomic E-state index is 0.333. The number of hydrogen-bond donors (Lipinski definition) is 1. The van der Waals surface area contributed by atoms with E-state index in [1.54, 1.807) is 6.07 Å². The van der Waals surface area contributed by atoms with Crippen molar-refractivity contribution in [2.24, 2.45) is 0 Å². The first-order valence-corrected chi connectivity index (χ1v) is 7.38. The van der Waals surface area contributed by atoms with E-state index in [2.05, 4.69) is 56.1 Å². The molecule has 0 spiro atoms. The van der Waals surface area contributed by atoms with Crippen LogP contribution in [-0.4, -0.2) is 43.3 Å². The zero-order chi connectivity index (χ0) is 14.1. The Morgan fingerprint density at radius 3 is 2.55 bits per heavy atom. The highest BCUT2D eigenvalue weighted by Gasteiger charge is 2.17. The van der Waals surface area contributed by atoms with Crippen LogP contribution < -0.4 is 10.6 Å². The number of hydrogen-bond acceptors (Lipinski definition) is 5. The van der Waals surface area contributed by atoms with Crippen molar-refractivity contribution in [2.75, 3.05) is 43.9 Å². The van der Waals surface area contributed by atoms with Crippen LogP contribution in [0.15, 0.2) is 33.3 Å². The van der Waals surface area contributed by atoms with Crippen LogP contribution in [0.3, 0.4) is 0 Å². The summed E-state index contributed by atoms with van der Waals surface area (Å²) in [6.07, 6.45) is 0. The van der Waals surface area contributed by atoms with Gasteiger partial charge in [0.2, 0.25) is 5.88 Å². The fourth-order valence-corrected chi connectivity index (χ4v) is 3.02.